The number of Topliss-reactive ketones (excluding diaryl/α,β-unsaturated/α-hetero) is 4. The highest BCUT2D eigenvalue weighted by atomic mass is 16.5. The summed E-state index contributed by atoms with van der Waals surface area (Å²) < 4.78 is 16.5. The highest BCUT2D eigenvalue weighted by Gasteiger charge is 2.60. The Bertz CT molecular complexity index is 1600. The summed E-state index contributed by atoms with van der Waals surface area (Å²) in [4.78, 5) is 71.8. The molecule has 1 saturated heterocycles. The van der Waals surface area contributed by atoms with Gasteiger partial charge in [-0.25, -0.2) is 4.79 Å². The Morgan fingerprint density at radius 1 is 0.930 bits per heavy atom. The van der Waals surface area contributed by atoms with E-state index >= 15 is 0 Å². The summed E-state index contributed by atoms with van der Waals surface area (Å²) in [6.45, 7) is 2.81. The van der Waals surface area contributed by atoms with Crippen molar-refractivity contribution in [1.82, 2.24) is 9.80 Å². The highest BCUT2D eigenvalue weighted by molar-refractivity contribution is 6.26. The number of likely N-dealkylation sites (N-methyl/N-ethyl adjacent to an activating group) is 1. The molecule has 2 bridgehead atoms. The number of rotatable bonds is 5. The number of fused-ring (bicyclic) bond motifs is 5. The van der Waals surface area contributed by atoms with Crippen LogP contribution in [0.1, 0.15) is 46.0 Å². The summed E-state index contributed by atoms with van der Waals surface area (Å²) in [7, 11) is 4.48. The van der Waals surface area contributed by atoms with Gasteiger partial charge < -0.3 is 14.2 Å². The fourth-order valence-electron chi connectivity index (χ4n) is 7.88. The van der Waals surface area contributed by atoms with Gasteiger partial charge >= 0.3 is 5.97 Å². The van der Waals surface area contributed by atoms with E-state index in [4.69, 9.17) is 14.2 Å². The molecule has 0 N–H and O–H groups in total. The number of ketones is 4. The van der Waals surface area contributed by atoms with Crippen molar-refractivity contribution in [3.8, 4) is 6.07 Å². The number of allylic oxidation sites excluding steroid dienone is 5. The molecule has 0 aromatic carbocycles. The maximum atomic E-state index is 13.9. The Morgan fingerprint density at radius 3 is 2.07 bits per heavy atom. The topological polar surface area (TPSA) is 143 Å². The number of piperazine rings is 1. The number of hydrogen-bond acceptors (Lipinski definition) is 11. The third-order valence-electron chi connectivity index (χ3n) is 9.89. The summed E-state index contributed by atoms with van der Waals surface area (Å²) in [6.07, 6.45) is 4.24. The Labute approximate surface area is 249 Å². The zero-order valence-corrected chi connectivity index (χ0v) is 24.8. The van der Waals surface area contributed by atoms with Gasteiger partial charge in [-0.05, 0) is 53.0 Å². The van der Waals surface area contributed by atoms with E-state index in [0.29, 0.717) is 17.6 Å². The molecule has 0 radical (unpaired) electrons. The van der Waals surface area contributed by atoms with Gasteiger partial charge in [0.2, 0.25) is 11.6 Å². The molecule has 0 aromatic rings. The van der Waals surface area contributed by atoms with Crippen LogP contribution in [0, 0.1) is 11.3 Å². The molecule has 11 nitrogen and oxygen atoms in total. The number of esters is 1. The van der Waals surface area contributed by atoms with E-state index in [-0.39, 0.29) is 70.4 Å². The van der Waals surface area contributed by atoms with Crippen molar-refractivity contribution >= 4 is 29.1 Å². The Morgan fingerprint density at radius 2 is 1.51 bits per heavy atom. The van der Waals surface area contributed by atoms with Gasteiger partial charge in [-0.3, -0.25) is 29.0 Å². The minimum atomic E-state index is -0.950. The molecule has 1 fully saturated rings. The highest BCUT2D eigenvalue weighted by Crippen LogP contribution is 2.49. The number of ether oxygens (including phenoxy) is 3. The second-order valence-corrected chi connectivity index (χ2v) is 11.8. The van der Waals surface area contributed by atoms with E-state index < -0.39 is 47.7 Å². The van der Waals surface area contributed by atoms with Gasteiger partial charge in [0.1, 0.15) is 12.6 Å². The molecule has 0 spiro atoms. The predicted molar refractivity (Wildman–Crippen MR) is 150 cm³/mol. The SMILES string of the molecule is COC1=C(C)C(=O)C2=C(C1=O)[C@@H]1[C@@H]3CC4=C(C(=O)C(OC)=C(C)C4=O)[C@H](COC(=O)C4=CCCC4)N3[C@@H](C#N)[C@H](C2)N1C. The third kappa shape index (κ3) is 4.03. The van der Waals surface area contributed by atoms with E-state index in [1.165, 1.54) is 21.1 Å². The lowest BCUT2D eigenvalue weighted by Gasteiger charge is -2.60. The van der Waals surface area contributed by atoms with E-state index in [2.05, 4.69) is 6.07 Å². The minimum Gasteiger partial charge on any atom is -0.492 e. The van der Waals surface area contributed by atoms with Gasteiger partial charge in [0.25, 0.3) is 0 Å². The van der Waals surface area contributed by atoms with Crippen molar-refractivity contribution in [3.05, 3.63) is 56.6 Å². The van der Waals surface area contributed by atoms with Crippen molar-refractivity contribution in [2.45, 2.75) is 76.2 Å². The molecule has 5 atom stereocenters. The zero-order chi connectivity index (χ0) is 30.9. The molecule has 6 rings (SSSR count). The first-order valence-electron chi connectivity index (χ1n) is 14.5. The molecule has 43 heavy (non-hydrogen) atoms. The third-order valence-corrected chi connectivity index (χ3v) is 9.89. The molecule has 3 heterocycles. The normalized spacial score (nSPS) is 31.1. The van der Waals surface area contributed by atoms with Crippen LogP contribution < -0.4 is 0 Å². The summed E-state index contributed by atoms with van der Waals surface area (Å²) in [5.41, 5.74) is 1.98. The van der Waals surface area contributed by atoms with Crippen LogP contribution in [-0.4, -0.2) is 97.0 Å². The smallest absolute Gasteiger partial charge is 0.333 e. The van der Waals surface area contributed by atoms with E-state index in [9.17, 15) is 29.2 Å². The molecular formula is C32H33N3O8. The van der Waals surface area contributed by atoms with Gasteiger partial charge in [0.05, 0.1) is 32.4 Å². The number of methoxy groups -OCH3 is 2. The number of carbonyl (C=O) groups excluding carboxylic acids is 5. The average molecular weight is 588 g/mol. The summed E-state index contributed by atoms with van der Waals surface area (Å²) in [5, 5.41) is 10.6. The van der Waals surface area contributed by atoms with Gasteiger partial charge in [0, 0.05) is 51.1 Å². The second kappa shape index (κ2) is 10.5. The van der Waals surface area contributed by atoms with Gasteiger partial charge in [-0.15, -0.1) is 0 Å². The monoisotopic (exact) mass is 587 g/mol. The fourth-order valence-corrected chi connectivity index (χ4v) is 7.88. The summed E-state index contributed by atoms with van der Waals surface area (Å²) in [6, 6.07) is -1.27. The quantitative estimate of drug-likeness (QED) is 0.343. The van der Waals surface area contributed by atoms with Crippen LogP contribution in [0.15, 0.2) is 56.6 Å². The first-order chi connectivity index (χ1) is 20.6. The van der Waals surface area contributed by atoms with E-state index in [1.54, 1.807) is 6.92 Å². The fraction of sp³-hybridized carbons (Fsp3) is 0.500. The van der Waals surface area contributed by atoms with E-state index in [0.717, 1.165) is 12.8 Å². The maximum Gasteiger partial charge on any atom is 0.333 e. The average Bonchev–Trinajstić information content (AvgIpc) is 3.53. The lowest BCUT2D eigenvalue weighted by molar-refractivity contribution is -0.144. The number of nitriles is 1. The van der Waals surface area contributed by atoms with Crippen molar-refractivity contribution < 1.29 is 38.2 Å². The lowest BCUT2D eigenvalue weighted by Crippen LogP contribution is -2.74. The van der Waals surface area contributed by atoms with Crippen LogP contribution in [-0.2, 0) is 38.2 Å². The molecule has 0 amide bonds. The van der Waals surface area contributed by atoms with Crippen LogP contribution in [0.3, 0.4) is 0 Å². The number of carbonyl (C=O) groups is 5. The second-order valence-electron chi connectivity index (χ2n) is 11.8. The van der Waals surface area contributed by atoms with Crippen molar-refractivity contribution in [2.24, 2.45) is 0 Å². The van der Waals surface area contributed by atoms with Crippen LogP contribution >= 0.6 is 0 Å². The van der Waals surface area contributed by atoms with Crippen molar-refractivity contribution in [1.29, 1.82) is 5.26 Å². The molecular weight excluding hydrogens is 554 g/mol. The number of hydrogen-bond donors (Lipinski definition) is 0. The predicted octanol–water partition coefficient (Wildman–Crippen LogP) is 1.80. The van der Waals surface area contributed by atoms with Gasteiger partial charge in [0.15, 0.2) is 23.1 Å². The summed E-state index contributed by atoms with van der Waals surface area (Å²) >= 11 is 0. The molecule has 0 unspecified atom stereocenters. The molecule has 224 valence electrons. The Hall–Kier alpha value is -4.14. The molecule has 11 heteroatoms. The molecule has 6 aliphatic rings. The number of nitrogens with zero attached hydrogens (tertiary/aromatic N) is 3. The first-order valence-corrected chi connectivity index (χ1v) is 14.5. The molecule has 3 aliphatic carbocycles. The first kappa shape index (κ1) is 29.0. The largest absolute Gasteiger partial charge is 0.492 e. The van der Waals surface area contributed by atoms with Crippen LogP contribution in [0.4, 0.5) is 0 Å². The van der Waals surface area contributed by atoms with Gasteiger partial charge in [-0.1, -0.05) is 6.08 Å². The van der Waals surface area contributed by atoms with Gasteiger partial charge in [-0.2, -0.15) is 5.26 Å². The minimum absolute atomic E-state index is 0.0250. The maximum absolute atomic E-state index is 13.9. The molecule has 0 aromatic heterocycles. The zero-order valence-electron chi connectivity index (χ0n) is 24.8. The lowest BCUT2D eigenvalue weighted by atomic mass is 9.67. The van der Waals surface area contributed by atoms with Crippen LogP contribution in [0.2, 0.25) is 0 Å². The molecule has 3 aliphatic heterocycles. The van der Waals surface area contributed by atoms with E-state index in [1.807, 2.05) is 22.9 Å². The molecule has 0 saturated carbocycles. The standard InChI is InChI=1S/C32H33N3O8/c1-14-26(36)17-11-20-25-24-18(27(37)15(2)31(42-5)29(24)39)10-19(34(25)3)21(12-33)35(20)22(23(17)28(38)30(14)41-4)13-43-32(40)16-8-6-7-9-16/h8,19-22,25H,6-7,9-11,13H2,1-5H3/t19-,20-,21-,22-,25-/m0/s1. The Kier molecular flexibility index (Phi) is 7.10. The van der Waals surface area contributed by atoms with Crippen LogP contribution in [0.5, 0.6) is 0 Å². The van der Waals surface area contributed by atoms with Crippen LogP contribution in [0.25, 0.3) is 0 Å². The Balaban J connectivity index is 1.50. The van der Waals surface area contributed by atoms with Crippen molar-refractivity contribution in [2.75, 3.05) is 27.9 Å². The summed E-state index contributed by atoms with van der Waals surface area (Å²) in [5.74, 6) is -2.16. The van der Waals surface area contributed by atoms with Crippen molar-refractivity contribution in [3.63, 3.8) is 0 Å².